The first-order chi connectivity index (χ1) is 13.7. The molecule has 4 heteroatoms. The summed E-state index contributed by atoms with van der Waals surface area (Å²) < 4.78 is 6.26. The number of halogens is 1. The van der Waals surface area contributed by atoms with Crippen molar-refractivity contribution < 1.29 is 9.22 Å². The molecular formula is C26H43BrO2Si. The summed E-state index contributed by atoms with van der Waals surface area (Å²) in [6.45, 7) is 24.5. The van der Waals surface area contributed by atoms with Crippen LogP contribution in [0, 0.1) is 23.2 Å². The molecule has 30 heavy (non-hydrogen) atoms. The third-order valence-corrected chi connectivity index (χ3v) is 13.6. The van der Waals surface area contributed by atoms with Crippen molar-refractivity contribution in [2.75, 3.05) is 6.61 Å². The van der Waals surface area contributed by atoms with Crippen molar-refractivity contribution in [2.24, 2.45) is 23.2 Å². The summed E-state index contributed by atoms with van der Waals surface area (Å²) in [4.78, 5) is 15.2. The number of carbonyl (C=O) groups excluding carboxylic acids is 1. The summed E-state index contributed by atoms with van der Waals surface area (Å²) >= 11 is 3.60. The van der Waals surface area contributed by atoms with Gasteiger partial charge in [0.1, 0.15) is 0 Å². The maximum Gasteiger partial charge on any atom is 0.192 e. The number of Topliss-reactive ketones (excluding diaryl/α,β-unsaturated/α-hetero) is 1. The van der Waals surface area contributed by atoms with Crippen LogP contribution in [-0.2, 0) is 9.22 Å². The average molecular weight is 496 g/mol. The van der Waals surface area contributed by atoms with Crippen molar-refractivity contribution >= 4 is 30.0 Å². The van der Waals surface area contributed by atoms with Crippen molar-refractivity contribution in [3.63, 3.8) is 0 Å². The second kappa shape index (κ2) is 9.58. The molecule has 0 aromatic rings. The first-order valence-corrected chi connectivity index (χ1v) is 15.4. The van der Waals surface area contributed by atoms with Gasteiger partial charge in [0.05, 0.1) is 6.61 Å². The average Bonchev–Trinajstić information content (AvgIpc) is 3.01. The molecule has 170 valence electrons. The third kappa shape index (κ3) is 5.30. The van der Waals surface area contributed by atoms with Crippen LogP contribution in [0.4, 0.5) is 0 Å². The zero-order valence-electron chi connectivity index (χ0n) is 20.4. The first kappa shape index (κ1) is 25.8. The maximum absolute atomic E-state index is 13.0. The van der Waals surface area contributed by atoms with E-state index in [1.807, 2.05) is 0 Å². The summed E-state index contributed by atoms with van der Waals surface area (Å²) in [5.41, 5.74) is 3.20. The molecule has 0 radical (unpaired) electrons. The second-order valence-corrected chi connectivity index (χ2v) is 16.8. The zero-order chi connectivity index (χ0) is 22.9. The van der Waals surface area contributed by atoms with Crippen LogP contribution in [0.15, 0.2) is 34.9 Å². The molecule has 4 atom stereocenters. The lowest BCUT2D eigenvalue weighted by Crippen LogP contribution is -2.41. The molecule has 0 aromatic heterocycles. The number of carbonyl (C=O) groups is 1. The van der Waals surface area contributed by atoms with Crippen molar-refractivity contribution in [2.45, 2.75) is 91.3 Å². The van der Waals surface area contributed by atoms with Gasteiger partial charge in [0.25, 0.3) is 0 Å². The van der Waals surface area contributed by atoms with Crippen molar-refractivity contribution in [1.29, 1.82) is 0 Å². The Balaban J connectivity index is 1.97. The lowest BCUT2D eigenvalue weighted by atomic mass is 9.61. The molecule has 0 aliphatic heterocycles. The van der Waals surface area contributed by atoms with Crippen molar-refractivity contribution in [3.8, 4) is 0 Å². The van der Waals surface area contributed by atoms with Crippen LogP contribution in [0.1, 0.15) is 73.1 Å². The molecule has 0 saturated heterocycles. The van der Waals surface area contributed by atoms with E-state index in [4.69, 9.17) is 4.43 Å². The molecule has 2 saturated carbocycles. The summed E-state index contributed by atoms with van der Waals surface area (Å²) in [7, 11) is -1.86. The minimum Gasteiger partial charge on any atom is -0.413 e. The fourth-order valence-electron chi connectivity index (χ4n) is 5.47. The van der Waals surface area contributed by atoms with E-state index in [-0.39, 0.29) is 10.8 Å². The second-order valence-electron chi connectivity index (χ2n) is 11.5. The van der Waals surface area contributed by atoms with E-state index in [0.717, 1.165) is 5.57 Å². The summed E-state index contributed by atoms with van der Waals surface area (Å²) in [5, 5.41) is 0.143. The molecule has 0 heterocycles. The number of ketones is 1. The van der Waals surface area contributed by atoms with Crippen LogP contribution in [0.25, 0.3) is 0 Å². The molecular weight excluding hydrogens is 452 g/mol. The highest BCUT2D eigenvalue weighted by Gasteiger charge is 2.50. The molecule has 0 aromatic carbocycles. The highest BCUT2D eigenvalue weighted by Crippen LogP contribution is 2.59. The number of hydrogen-bond acceptors (Lipinski definition) is 2. The Kier molecular flexibility index (Phi) is 8.24. The zero-order valence-corrected chi connectivity index (χ0v) is 23.0. The topological polar surface area (TPSA) is 26.3 Å². The highest BCUT2D eigenvalue weighted by atomic mass is 79.9. The molecule has 0 unspecified atom stereocenters. The van der Waals surface area contributed by atoms with Gasteiger partial charge in [-0.1, -0.05) is 69.3 Å². The van der Waals surface area contributed by atoms with Crippen LogP contribution in [0.2, 0.25) is 18.1 Å². The monoisotopic (exact) mass is 494 g/mol. The fraction of sp³-hybridized carbons (Fsp3) is 0.731. The molecule has 0 amide bonds. The standard InChI is InChI=1S/C26H43BrO2Si/c1-18(22-12-13-23-21(16-27)11-10-14-26(22,23)7)15-24(28)20(3)19(2)17-29-30(8,9)25(4,5)6/h16,18,22-23H,2-3,10-15,17H2,1,4-9H3/b21-16+/t18-,22-,23+,26-/m1/s1. The predicted molar refractivity (Wildman–Crippen MR) is 135 cm³/mol. The highest BCUT2D eigenvalue weighted by molar-refractivity contribution is 9.11. The lowest BCUT2D eigenvalue weighted by Gasteiger charge is -2.44. The minimum absolute atomic E-state index is 0.143. The summed E-state index contributed by atoms with van der Waals surface area (Å²) in [6.07, 6.45) is 6.80. The van der Waals surface area contributed by atoms with Gasteiger partial charge >= 0.3 is 0 Å². The molecule has 2 aliphatic rings. The van der Waals surface area contributed by atoms with Gasteiger partial charge in [-0.25, -0.2) is 0 Å². The first-order valence-electron chi connectivity index (χ1n) is 11.6. The fourth-order valence-corrected chi connectivity index (χ4v) is 6.99. The summed E-state index contributed by atoms with van der Waals surface area (Å²) in [5.74, 6) is 1.78. The molecule has 0 spiro atoms. The van der Waals surface area contributed by atoms with Crippen molar-refractivity contribution in [1.82, 2.24) is 0 Å². The van der Waals surface area contributed by atoms with Crippen LogP contribution < -0.4 is 0 Å². The van der Waals surface area contributed by atoms with Gasteiger partial charge in [0.15, 0.2) is 14.1 Å². The smallest absolute Gasteiger partial charge is 0.192 e. The normalized spacial score (nSPS) is 29.5. The number of allylic oxidation sites excluding steroid dienone is 1. The van der Waals surface area contributed by atoms with Crippen LogP contribution in [-0.4, -0.2) is 20.7 Å². The van der Waals surface area contributed by atoms with E-state index >= 15 is 0 Å². The van der Waals surface area contributed by atoms with Gasteiger partial charge in [-0.3, -0.25) is 4.79 Å². The van der Waals surface area contributed by atoms with Crippen LogP contribution in [0.5, 0.6) is 0 Å². The van der Waals surface area contributed by atoms with E-state index in [1.54, 1.807) is 5.57 Å². The Morgan fingerprint density at radius 1 is 1.33 bits per heavy atom. The predicted octanol–water partition coefficient (Wildman–Crippen LogP) is 8.21. The Bertz CT molecular complexity index is 715. The van der Waals surface area contributed by atoms with E-state index in [9.17, 15) is 4.79 Å². The number of rotatable bonds is 8. The minimum atomic E-state index is -1.86. The molecule has 0 N–H and O–H groups in total. The number of hydrogen-bond donors (Lipinski definition) is 0. The van der Waals surface area contributed by atoms with Gasteiger partial charge in [0, 0.05) is 12.0 Å². The van der Waals surface area contributed by atoms with Gasteiger partial charge in [-0.15, -0.1) is 0 Å². The number of fused-ring (bicyclic) bond motifs is 1. The molecule has 2 rings (SSSR count). The van der Waals surface area contributed by atoms with E-state index in [0.29, 0.717) is 41.8 Å². The quantitative estimate of drug-likeness (QED) is 0.193. The Morgan fingerprint density at radius 3 is 2.53 bits per heavy atom. The lowest BCUT2D eigenvalue weighted by molar-refractivity contribution is -0.116. The SMILES string of the molecule is C=C(CO[Si](C)(C)C(C)(C)C)C(=C)C(=O)C[C@@H](C)[C@H]1CC[C@H]2/C(=C/Br)CCC[C@]12C. The molecule has 2 fully saturated rings. The van der Waals surface area contributed by atoms with Crippen molar-refractivity contribution in [3.05, 3.63) is 34.9 Å². The molecule has 2 nitrogen and oxygen atoms in total. The van der Waals surface area contributed by atoms with E-state index in [2.05, 4.69) is 81.8 Å². The Hall–Kier alpha value is -0.453. The van der Waals surface area contributed by atoms with E-state index in [1.165, 1.54) is 32.1 Å². The third-order valence-electron chi connectivity index (χ3n) is 8.55. The van der Waals surface area contributed by atoms with E-state index < -0.39 is 8.32 Å². The molecule has 2 aliphatic carbocycles. The Morgan fingerprint density at radius 2 is 1.97 bits per heavy atom. The van der Waals surface area contributed by atoms with Crippen LogP contribution >= 0.6 is 15.9 Å². The largest absolute Gasteiger partial charge is 0.413 e. The van der Waals surface area contributed by atoms with Crippen LogP contribution in [0.3, 0.4) is 0 Å². The van der Waals surface area contributed by atoms with Gasteiger partial charge in [-0.05, 0) is 84.0 Å². The Labute approximate surface area is 194 Å². The van der Waals surface area contributed by atoms with Gasteiger partial charge < -0.3 is 4.43 Å². The van der Waals surface area contributed by atoms with Gasteiger partial charge in [-0.2, -0.15) is 0 Å². The maximum atomic E-state index is 13.0. The van der Waals surface area contributed by atoms with Gasteiger partial charge in [0.2, 0.25) is 0 Å². The molecule has 0 bridgehead atoms. The summed E-state index contributed by atoms with van der Waals surface area (Å²) in [6, 6.07) is 0.